The third kappa shape index (κ3) is 3.55. The zero-order chi connectivity index (χ0) is 15.2. The van der Waals surface area contributed by atoms with Crippen molar-refractivity contribution < 1.29 is 4.79 Å². The minimum absolute atomic E-state index is 0.158. The molecule has 0 N–H and O–H groups in total. The predicted molar refractivity (Wildman–Crippen MR) is 87.9 cm³/mol. The van der Waals surface area contributed by atoms with Gasteiger partial charge in [0.2, 0.25) is 0 Å². The van der Waals surface area contributed by atoms with Gasteiger partial charge in [0.05, 0.1) is 0 Å². The van der Waals surface area contributed by atoms with Crippen LogP contribution in [0.4, 0.5) is 0 Å². The average molecular weight is 290 g/mol. The highest BCUT2D eigenvalue weighted by atomic mass is 16.1. The number of carbonyl (C=O) groups excluding carboxylic acids is 1. The summed E-state index contributed by atoms with van der Waals surface area (Å²) in [7, 11) is 0. The SMILES string of the molecule is O=C1C(=Cc2cccnc2)CCCCC1=Cc1cccnc1. The molecule has 1 fully saturated rings. The molecule has 2 heterocycles. The van der Waals surface area contributed by atoms with Crippen LogP contribution in [0.2, 0.25) is 0 Å². The third-order valence-corrected chi connectivity index (χ3v) is 3.78. The van der Waals surface area contributed by atoms with Crippen molar-refractivity contribution in [2.75, 3.05) is 0 Å². The Hall–Kier alpha value is -2.55. The van der Waals surface area contributed by atoms with Gasteiger partial charge in [-0.25, -0.2) is 0 Å². The minimum Gasteiger partial charge on any atom is -0.289 e. The second-order valence-electron chi connectivity index (χ2n) is 5.45. The molecule has 3 rings (SSSR count). The lowest BCUT2D eigenvalue weighted by Gasteiger charge is -2.05. The summed E-state index contributed by atoms with van der Waals surface area (Å²) >= 11 is 0. The van der Waals surface area contributed by atoms with Crippen molar-refractivity contribution in [1.29, 1.82) is 0 Å². The Balaban J connectivity index is 1.91. The average Bonchev–Trinajstić information content (AvgIpc) is 2.73. The van der Waals surface area contributed by atoms with Crippen LogP contribution in [0, 0.1) is 0 Å². The highest BCUT2D eigenvalue weighted by molar-refractivity contribution is 6.13. The monoisotopic (exact) mass is 290 g/mol. The maximum absolute atomic E-state index is 12.8. The number of pyridine rings is 2. The summed E-state index contributed by atoms with van der Waals surface area (Å²) in [6, 6.07) is 7.73. The van der Waals surface area contributed by atoms with Crippen LogP contribution in [0.1, 0.15) is 36.8 Å². The Kier molecular flexibility index (Phi) is 4.54. The fourth-order valence-corrected chi connectivity index (χ4v) is 2.66. The number of hydrogen-bond acceptors (Lipinski definition) is 3. The van der Waals surface area contributed by atoms with Crippen molar-refractivity contribution in [3.05, 3.63) is 71.3 Å². The highest BCUT2D eigenvalue weighted by Crippen LogP contribution is 2.26. The van der Waals surface area contributed by atoms with Crippen LogP contribution in [0.5, 0.6) is 0 Å². The molecule has 0 saturated heterocycles. The normalized spacial score (nSPS) is 19.4. The van der Waals surface area contributed by atoms with E-state index in [0.717, 1.165) is 48.0 Å². The number of nitrogens with zero attached hydrogens (tertiary/aromatic N) is 2. The van der Waals surface area contributed by atoms with Gasteiger partial charge in [-0.3, -0.25) is 14.8 Å². The molecule has 0 spiro atoms. The minimum atomic E-state index is 0.158. The molecular formula is C19H18N2O. The van der Waals surface area contributed by atoms with Gasteiger partial charge < -0.3 is 0 Å². The molecule has 0 bridgehead atoms. The Morgan fingerprint density at radius 1 is 0.818 bits per heavy atom. The second-order valence-corrected chi connectivity index (χ2v) is 5.45. The Bertz CT molecular complexity index is 641. The van der Waals surface area contributed by atoms with Crippen molar-refractivity contribution in [2.45, 2.75) is 25.7 Å². The lowest BCUT2D eigenvalue weighted by Crippen LogP contribution is -2.04. The molecule has 0 radical (unpaired) electrons. The maximum Gasteiger partial charge on any atom is 0.185 e. The van der Waals surface area contributed by atoms with Crippen LogP contribution in [0.3, 0.4) is 0 Å². The van der Waals surface area contributed by atoms with Gasteiger partial charge in [0.25, 0.3) is 0 Å². The van der Waals surface area contributed by atoms with Crippen molar-refractivity contribution >= 4 is 17.9 Å². The molecule has 0 amide bonds. The second kappa shape index (κ2) is 6.94. The van der Waals surface area contributed by atoms with Gasteiger partial charge in [-0.05, 0) is 61.1 Å². The van der Waals surface area contributed by atoms with Crippen molar-refractivity contribution in [3.8, 4) is 0 Å². The van der Waals surface area contributed by atoms with E-state index in [0.29, 0.717) is 0 Å². The first-order chi connectivity index (χ1) is 10.8. The van der Waals surface area contributed by atoms with Crippen LogP contribution in [-0.2, 0) is 4.79 Å². The summed E-state index contributed by atoms with van der Waals surface area (Å²) < 4.78 is 0. The lowest BCUT2D eigenvalue weighted by molar-refractivity contribution is -0.112. The van der Waals surface area contributed by atoms with Gasteiger partial charge in [0.15, 0.2) is 5.78 Å². The number of carbonyl (C=O) groups is 1. The molecule has 0 atom stereocenters. The number of rotatable bonds is 2. The number of ketones is 1. The van der Waals surface area contributed by atoms with Crippen LogP contribution in [0.15, 0.2) is 60.2 Å². The van der Waals surface area contributed by atoms with Crippen LogP contribution in [0.25, 0.3) is 12.2 Å². The summed E-state index contributed by atoms with van der Waals surface area (Å²) in [5.41, 5.74) is 3.71. The van der Waals surface area contributed by atoms with Gasteiger partial charge in [-0.2, -0.15) is 0 Å². The number of hydrogen-bond donors (Lipinski definition) is 0. The summed E-state index contributed by atoms with van der Waals surface area (Å²) in [6.07, 6.45) is 14.7. The van der Waals surface area contributed by atoms with Gasteiger partial charge in [0.1, 0.15) is 0 Å². The molecule has 3 nitrogen and oxygen atoms in total. The summed E-state index contributed by atoms with van der Waals surface area (Å²) in [6.45, 7) is 0. The van der Waals surface area contributed by atoms with E-state index in [2.05, 4.69) is 9.97 Å². The molecule has 0 unspecified atom stereocenters. The molecule has 22 heavy (non-hydrogen) atoms. The third-order valence-electron chi connectivity index (χ3n) is 3.78. The zero-order valence-electron chi connectivity index (χ0n) is 12.4. The summed E-state index contributed by atoms with van der Waals surface area (Å²) in [5.74, 6) is 0.158. The number of allylic oxidation sites excluding steroid dienone is 2. The van der Waals surface area contributed by atoms with Gasteiger partial charge in [-0.1, -0.05) is 12.1 Å². The van der Waals surface area contributed by atoms with Crippen molar-refractivity contribution in [2.24, 2.45) is 0 Å². The first-order valence-corrected chi connectivity index (χ1v) is 7.59. The molecule has 1 aliphatic rings. The first-order valence-electron chi connectivity index (χ1n) is 7.59. The molecule has 3 heteroatoms. The topological polar surface area (TPSA) is 42.9 Å². The molecule has 110 valence electrons. The standard InChI is InChI=1S/C19H18N2O/c22-19-17(11-15-5-3-9-20-13-15)7-1-2-8-18(19)12-16-6-4-10-21-14-16/h3-6,9-14H,1-2,7-8H2. The van der Waals surface area contributed by atoms with E-state index >= 15 is 0 Å². The Morgan fingerprint density at radius 2 is 1.32 bits per heavy atom. The predicted octanol–water partition coefficient (Wildman–Crippen LogP) is 4.09. The van der Waals surface area contributed by atoms with E-state index in [1.807, 2.05) is 36.4 Å². The molecular weight excluding hydrogens is 272 g/mol. The smallest absolute Gasteiger partial charge is 0.185 e. The van der Waals surface area contributed by atoms with Crippen molar-refractivity contribution in [1.82, 2.24) is 9.97 Å². The maximum atomic E-state index is 12.8. The molecule has 0 aromatic carbocycles. The summed E-state index contributed by atoms with van der Waals surface area (Å²) in [5, 5.41) is 0. The van der Waals surface area contributed by atoms with E-state index in [-0.39, 0.29) is 5.78 Å². The Morgan fingerprint density at radius 3 is 1.73 bits per heavy atom. The first kappa shape index (κ1) is 14.4. The zero-order valence-corrected chi connectivity index (χ0v) is 12.4. The van der Waals surface area contributed by atoms with E-state index < -0.39 is 0 Å². The number of Topliss-reactive ketones (excluding diaryl/α,β-unsaturated/α-hetero) is 1. The van der Waals surface area contributed by atoms with E-state index in [9.17, 15) is 4.79 Å². The largest absolute Gasteiger partial charge is 0.289 e. The summed E-state index contributed by atoms with van der Waals surface area (Å²) in [4.78, 5) is 21.0. The molecule has 1 aliphatic carbocycles. The molecule has 2 aromatic rings. The fraction of sp³-hybridized carbons (Fsp3) is 0.211. The fourth-order valence-electron chi connectivity index (χ4n) is 2.66. The van der Waals surface area contributed by atoms with Gasteiger partial charge in [0, 0.05) is 35.9 Å². The quantitative estimate of drug-likeness (QED) is 0.618. The highest BCUT2D eigenvalue weighted by Gasteiger charge is 2.18. The van der Waals surface area contributed by atoms with E-state index in [1.54, 1.807) is 24.8 Å². The molecule has 1 saturated carbocycles. The van der Waals surface area contributed by atoms with E-state index in [4.69, 9.17) is 0 Å². The number of aromatic nitrogens is 2. The van der Waals surface area contributed by atoms with Crippen molar-refractivity contribution in [3.63, 3.8) is 0 Å². The lowest BCUT2D eigenvalue weighted by atomic mass is 9.98. The van der Waals surface area contributed by atoms with E-state index in [1.165, 1.54) is 0 Å². The molecule has 0 aliphatic heterocycles. The van der Waals surface area contributed by atoms with Gasteiger partial charge >= 0.3 is 0 Å². The molecule has 2 aromatic heterocycles. The van der Waals surface area contributed by atoms with Crippen LogP contribution < -0.4 is 0 Å². The van der Waals surface area contributed by atoms with Crippen LogP contribution in [-0.4, -0.2) is 15.8 Å². The Labute approximate surface area is 130 Å². The van der Waals surface area contributed by atoms with Gasteiger partial charge in [-0.15, -0.1) is 0 Å². The van der Waals surface area contributed by atoms with Crippen LogP contribution >= 0.6 is 0 Å².